The van der Waals surface area contributed by atoms with E-state index in [9.17, 15) is 0 Å². The van der Waals surface area contributed by atoms with Crippen molar-refractivity contribution in [2.45, 2.75) is 19.3 Å². The van der Waals surface area contributed by atoms with Crippen molar-refractivity contribution in [1.82, 2.24) is 5.32 Å². The zero-order valence-corrected chi connectivity index (χ0v) is 9.93. The summed E-state index contributed by atoms with van der Waals surface area (Å²) in [5.74, 6) is 2.04. The topological polar surface area (TPSA) is 30.5 Å². The molecule has 4 heteroatoms. The zero-order chi connectivity index (χ0) is 11.1. The summed E-state index contributed by atoms with van der Waals surface area (Å²) >= 11 is 6.30. The molecule has 86 valence electrons. The molecule has 1 fully saturated rings. The van der Waals surface area contributed by atoms with Crippen molar-refractivity contribution in [3.63, 3.8) is 0 Å². The maximum absolute atomic E-state index is 6.30. The smallest absolute Gasteiger partial charge is 0.231 e. The first-order valence-corrected chi connectivity index (χ1v) is 5.94. The Bertz CT molecular complexity index is 428. The molecule has 16 heavy (non-hydrogen) atoms. The van der Waals surface area contributed by atoms with Crippen molar-refractivity contribution < 1.29 is 9.47 Å². The van der Waals surface area contributed by atoms with Crippen LogP contribution >= 0.6 is 11.6 Å². The van der Waals surface area contributed by atoms with Crippen LogP contribution in [-0.4, -0.2) is 19.9 Å². The van der Waals surface area contributed by atoms with Gasteiger partial charge < -0.3 is 14.8 Å². The number of hydrogen-bond acceptors (Lipinski definition) is 3. The van der Waals surface area contributed by atoms with Crippen LogP contribution in [0.25, 0.3) is 0 Å². The normalized spacial score (nSPS) is 22.8. The summed E-state index contributed by atoms with van der Waals surface area (Å²) in [6.07, 6.45) is 1.16. The van der Waals surface area contributed by atoms with Crippen molar-refractivity contribution in [3.05, 3.63) is 22.2 Å². The molecule has 0 amide bonds. The second-order valence-corrected chi connectivity index (χ2v) is 4.71. The first-order valence-electron chi connectivity index (χ1n) is 5.56. The first-order chi connectivity index (χ1) is 7.77. The number of hydrogen-bond donors (Lipinski definition) is 1. The third-order valence-corrected chi connectivity index (χ3v) is 3.84. The van der Waals surface area contributed by atoms with Crippen LogP contribution in [0.15, 0.2) is 6.07 Å². The largest absolute Gasteiger partial charge is 0.454 e. The van der Waals surface area contributed by atoms with E-state index in [2.05, 4.69) is 18.3 Å². The predicted octanol–water partition coefficient (Wildman–Crippen LogP) is 2.45. The second-order valence-electron chi connectivity index (χ2n) is 4.33. The lowest BCUT2D eigenvalue weighted by molar-refractivity contribution is 0.174. The van der Waals surface area contributed by atoms with Gasteiger partial charge >= 0.3 is 0 Å². The molecule has 0 bridgehead atoms. The van der Waals surface area contributed by atoms with Gasteiger partial charge in [0, 0.05) is 6.54 Å². The fourth-order valence-corrected chi connectivity index (χ4v) is 2.71. The van der Waals surface area contributed by atoms with E-state index >= 15 is 0 Å². The second kappa shape index (κ2) is 3.82. The summed E-state index contributed by atoms with van der Waals surface area (Å²) in [5, 5.41) is 4.08. The zero-order valence-electron chi connectivity index (χ0n) is 9.18. The lowest BCUT2D eigenvalue weighted by atomic mass is 9.93. The van der Waals surface area contributed by atoms with Crippen LogP contribution in [0.2, 0.25) is 5.02 Å². The van der Waals surface area contributed by atoms with Crippen LogP contribution < -0.4 is 14.8 Å². The van der Waals surface area contributed by atoms with Gasteiger partial charge in [0.15, 0.2) is 11.5 Å². The highest BCUT2D eigenvalue weighted by molar-refractivity contribution is 6.33. The van der Waals surface area contributed by atoms with Crippen LogP contribution in [0.1, 0.15) is 23.5 Å². The number of fused-ring (bicyclic) bond motifs is 1. The Morgan fingerprint density at radius 1 is 1.44 bits per heavy atom. The van der Waals surface area contributed by atoms with Crippen LogP contribution in [0.3, 0.4) is 0 Å². The molecule has 1 aromatic carbocycles. The maximum atomic E-state index is 6.30. The minimum atomic E-state index is 0.279. The van der Waals surface area contributed by atoms with Gasteiger partial charge in [0.05, 0.1) is 5.02 Å². The Morgan fingerprint density at radius 2 is 2.31 bits per heavy atom. The predicted molar refractivity (Wildman–Crippen MR) is 62.5 cm³/mol. The van der Waals surface area contributed by atoms with Gasteiger partial charge in [-0.05, 0) is 43.0 Å². The van der Waals surface area contributed by atoms with Crippen molar-refractivity contribution in [1.29, 1.82) is 0 Å². The van der Waals surface area contributed by atoms with Gasteiger partial charge in [-0.2, -0.15) is 0 Å². The Labute approximate surface area is 99.7 Å². The summed E-state index contributed by atoms with van der Waals surface area (Å²) < 4.78 is 10.8. The van der Waals surface area contributed by atoms with Gasteiger partial charge in [0.1, 0.15) is 0 Å². The molecule has 2 aliphatic heterocycles. The molecule has 1 N–H and O–H groups in total. The first kappa shape index (κ1) is 10.2. The van der Waals surface area contributed by atoms with Gasteiger partial charge in [0.2, 0.25) is 6.79 Å². The lowest BCUT2D eigenvalue weighted by Gasteiger charge is -2.15. The van der Waals surface area contributed by atoms with Gasteiger partial charge in [-0.1, -0.05) is 11.6 Å². The number of rotatable bonds is 1. The number of benzene rings is 1. The van der Waals surface area contributed by atoms with Gasteiger partial charge in [-0.25, -0.2) is 0 Å². The fraction of sp³-hybridized carbons (Fsp3) is 0.500. The molecule has 1 saturated heterocycles. The number of nitrogens with one attached hydrogen (secondary N) is 1. The third-order valence-electron chi connectivity index (χ3n) is 3.39. The van der Waals surface area contributed by atoms with Gasteiger partial charge in [-0.3, -0.25) is 0 Å². The van der Waals surface area contributed by atoms with Gasteiger partial charge in [0.25, 0.3) is 0 Å². The van der Waals surface area contributed by atoms with Crippen LogP contribution in [0, 0.1) is 6.92 Å². The van der Waals surface area contributed by atoms with E-state index in [-0.39, 0.29) is 6.79 Å². The summed E-state index contributed by atoms with van der Waals surface area (Å²) in [4.78, 5) is 0. The summed E-state index contributed by atoms with van der Waals surface area (Å²) in [6, 6.07) is 2.08. The van der Waals surface area contributed by atoms with E-state index in [1.165, 1.54) is 5.56 Å². The molecule has 0 radical (unpaired) electrons. The SMILES string of the molecule is Cc1c(C2CCNC2)cc2c(c1Cl)OCO2. The molecule has 1 unspecified atom stereocenters. The quantitative estimate of drug-likeness (QED) is 0.817. The molecule has 2 heterocycles. The lowest BCUT2D eigenvalue weighted by Crippen LogP contribution is -2.08. The third kappa shape index (κ3) is 1.46. The fourth-order valence-electron chi connectivity index (χ4n) is 2.46. The van der Waals surface area contributed by atoms with Crippen molar-refractivity contribution >= 4 is 11.6 Å². The molecule has 1 aromatic rings. The van der Waals surface area contributed by atoms with Crippen LogP contribution in [-0.2, 0) is 0 Å². The van der Waals surface area contributed by atoms with Crippen LogP contribution in [0.4, 0.5) is 0 Å². The highest BCUT2D eigenvalue weighted by Crippen LogP contribution is 2.44. The maximum Gasteiger partial charge on any atom is 0.231 e. The van der Waals surface area contributed by atoms with Crippen molar-refractivity contribution in [3.8, 4) is 11.5 Å². The van der Waals surface area contributed by atoms with E-state index in [0.29, 0.717) is 16.7 Å². The number of halogens is 1. The molecule has 0 aliphatic carbocycles. The minimum absolute atomic E-state index is 0.279. The van der Waals surface area contributed by atoms with Gasteiger partial charge in [-0.15, -0.1) is 0 Å². The molecule has 2 aliphatic rings. The molecule has 3 rings (SSSR count). The molecule has 0 aromatic heterocycles. The molecule has 0 spiro atoms. The summed E-state index contributed by atoms with van der Waals surface area (Å²) in [7, 11) is 0. The highest BCUT2D eigenvalue weighted by Gasteiger charge is 2.26. The summed E-state index contributed by atoms with van der Waals surface area (Å²) in [5.41, 5.74) is 2.42. The highest BCUT2D eigenvalue weighted by atomic mass is 35.5. The molecular formula is C12H14ClNO2. The Balaban J connectivity index is 2.08. The van der Waals surface area contributed by atoms with E-state index in [4.69, 9.17) is 21.1 Å². The molecular weight excluding hydrogens is 226 g/mol. The number of ether oxygens (including phenoxy) is 2. The Morgan fingerprint density at radius 3 is 3.06 bits per heavy atom. The average molecular weight is 240 g/mol. The van der Waals surface area contributed by atoms with E-state index in [1.807, 2.05) is 0 Å². The average Bonchev–Trinajstić information content (AvgIpc) is 2.92. The molecule has 0 saturated carbocycles. The van der Waals surface area contributed by atoms with Crippen LogP contribution in [0.5, 0.6) is 11.5 Å². The van der Waals surface area contributed by atoms with Crippen molar-refractivity contribution in [2.24, 2.45) is 0 Å². The Kier molecular flexibility index (Phi) is 2.45. The summed E-state index contributed by atoms with van der Waals surface area (Å²) in [6.45, 7) is 4.44. The van der Waals surface area contributed by atoms with E-state index < -0.39 is 0 Å². The monoisotopic (exact) mass is 239 g/mol. The molecule has 3 nitrogen and oxygen atoms in total. The van der Waals surface area contributed by atoms with E-state index in [1.54, 1.807) is 0 Å². The molecule has 1 atom stereocenters. The standard InChI is InChI=1S/C12H14ClNO2/c1-7-9(8-2-3-14-5-8)4-10-12(11(7)13)16-6-15-10/h4,8,14H,2-3,5-6H2,1H3. The van der Waals surface area contributed by atoms with E-state index in [0.717, 1.165) is 30.8 Å². The Hall–Kier alpha value is -0.930. The van der Waals surface area contributed by atoms with Crippen molar-refractivity contribution in [2.75, 3.05) is 19.9 Å². The minimum Gasteiger partial charge on any atom is -0.454 e.